The first-order valence-corrected chi connectivity index (χ1v) is 6.40. The van der Waals surface area contributed by atoms with Gasteiger partial charge in [-0.25, -0.2) is 0 Å². The van der Waals surface area contributed by atoms with Gasteiger partial charge in [-0.2, -0.15) is 0 Å². The van der Waals surface area contributed by atoms with E-state index >= 15 is 0 Å². The lowest BCUT2D eigenvalue weighted by Gasteiger charge is -2.21. The fourth-order valence-electron chi connectivity index (χ4n) is 2.33. The van der Waals surface area contributed by atoms with Crippen LogP contribution in [-0.4, -0.2) is 54.1 Å². The highest BCUT2D eigenvalue weighted by atomic mass is 16.6. The van der Waals surface area contributed by atoms with Gasteiger partial charge < -0.3 is 10.0 Å². The van der Waals surface area contributed by atoms with E-state index in [0.717, 1.165) is 11.3 Å². The lowest BCUT2D eigenvalue weighted by atomic mass is 10.1. The molecule has 0 saturated heterocycles. The number of rotatable bonds is 5. The van der Waals surface area contributed by atoms with Gasteiger partial charge in [-0.15, -0.1) is 0 Å². The molecule has 7 nitrogen and oxygen atoms in total. The van der Waals surface area contributed by atoms with E-state index in [-0.39, 0.29) is 24.7 Å². The fraction of sp³-hybridized carbons (Fsp3) is 0.462. The van der Waals surface area contributed by atoms with Crippen molar-refractivity contribution in [3.63, 3.8) is 0 Å². The average molecular weight is 279 g/mol. The molecule has 0 radical (unpaired) electrons. The van der Waals surface area contributed by atoms with Gasteiger partial charge in [-0.3, -0.25) is 19.8 Å². The number of aliphatic hydroxyl groups excluding tert-OH is 1. The summed E-state index contributed by atoms with van der Waals surface area (Å²) in [5, 5.41) is 19.6. The molecule has 2 rings (SSSR count). The Morgan fingerprint density at radius 3 is 2.95 bits per heavy atom. The van der Waals surface area contributed by atoms with Crippen LogP contribution in [0.15, 0.2) is 18.2 Å². The Kier molecular flexibility index (Phi) is 4.31. The van der Waals surface area contributed by atoms with Crippen molar-refractivity contribution in [1.82, 2.24) is 4.90 Å². The molecule has 0 bridgehead atoms. The molecule has 20 heavy (non-hydrogen) atoms. The van der Waals surface area contributed by atoms with Gasteiger partial charge in [0, 0.05) is 30.9 Å². The summed E-state index contributed by atoms with van der Waals surface area (Å²) in [6.07, 6.45) is 0.631. The SMILES string of the molecule is CN(CCO)CC(=O)N1CCc2cc([N+](=O)[O-])ccc21. The first-order valence-electron chi connectivity index (χ1n) is 6.40. The number of carbonyl (C=O) groups is 1. The number of carbonyl (C=O) groups excluding carboxylic acids is 1. The summed E-state index contributed by atoms with van der Waals surface area (Å²) in [6.45, 7) is 1.21. The monoisotopic (exact) mass is 279 g/mol. The second-order valence-electron chi connectivity index (χ2n) is 4.83. The predicted molar refractivity (Wildman–Crippen MR) is 73.7 cm³/mol. The van der Waals surface area contributed by atoms with Crippen molar-refractivity contribution in [3.8, 4) is 0 Å². The quantitative estimate of drug-likeness (QED) is 0.623. The van der Waals surface area contributed by atoms with E-state index in [9.17, 15) is 14.9 Å². The highest BCUT2D eigenvalue weighted by Crippen LogP contribution is 2.31. The van der Waals surface area contributed by atoms with Gasteiger partial charge in [0.05, 0.1) is 18.1 Å². The average Bonchev–Trinajstić information content (AvgIpc) is 2.81. The minimum atomic E-state index is -0.431. The standard InChI is InChI=1S/C13H17N3O4/c1-14(6-7-17)9-13(18)15-5-4-10-8-11(16(19)20)2-3-12(10)15/h2-3,8,17H,4-7,9H2,1H3. The van der Waals surface area contributed by atoms with E-state index in [1.165, 1.54) is 12.1 Å². The molecule has 1 aliphatic rings. The molecule has 1 amide bonds. The molecular weight excluding hydrogens is 262 g/mol. The van der Waals surface area contributed by atoms with Crippen LogP contribution in [0.1, 0.15) is 5.56 Å². The van der Waals surface area contributed by atoms with Crippen molar-refractivity contribution in [1.29, 1.82) is 0 Å². The summed E-state index contributed by atoms with van der Waals surface area (Å²) >= 11 is 0. The summed E-state index contributed by atoms with van der Waals surface area (Å²) < 4.78 is 0. The number of non-ortho nitro benzene ring substituents is 1. The first-order chi connectivity index (χ1) is 9.52. The van der Waals surface area contributed by atoms with Crippen molar-refractivity contribution in [3.05, 3.63) is 33.9 Å². The van der Waals surface area contributed by atoms with Crippen molar-refractivity contribution < 1.29 is 14.8 Å². The Hall–Kier alpha value is -1.99. The topological polar surface area (TPSA) is 86.9 Å². The summed E-state index contributed by atoms with van der Waals surface area (Å²) in [4.78, 5) is 25.9. The number of hydrogen-bond acceptors (Lipinski definition) is 5. The highest BCUT2D eigenvalue weighted by Gasteiger charge is 2.26. The third kappa shape index (κ3) is 2.94. The first kappa shape index (κ1) is 14.4. The number of fused-ring (bicyclic) bond motifs is 1. The van der Waals surface area contributed by atoms with Gasteiger partial charge in [0.1, 0.15) is 0 Å². The Balaban J connectivity index is 2.11. The van der Waals surface area contributed by atoms with E-state index < -0.39 is 4.92 Å². The Morgan fingerprint density at radius 1 is 1.55 bits per heavy atom. The van der Waals surface area contributed by atoms with E-state index in [1.54, 1.807) is 22.9 Å². The van der Waals surface area contributed by atoms with Crippen LogP contribution in [0, 0.1) is 10.1 Å². The maximum atomic E-state index is 12.2. The van der Waals surface area contributed by atoms with Crippen LogP contribution in [0.5, 0.6) is 0 Å². The molecule has 0 fully saturated rings. The molecule has 7 heteroatoms. The van der Waals surface area contributed by atoms with Crippen LogP contribution in [0.2, 0.25) is 0 Å². The van der Waals surface area contributed by atoms with E-state index in [1.807, 2.05) is 0 Å². The van der Waals surface area contributed by atoms with Crippen molar-refractivity contribution in [2.24, 2.45) is 0 Å². The Morgan fingerprint density at radius 2 is 2.30 bits per heavy atom. The molecule has 0 spiro atoms. The van der Waals surface area contributed by atoms with Crippen molar-refractivity contribution >= 4 is 17.3 Å². The van der Waals surface area contributed by atoms with Gasteiger partial charge in [-0.05, 0) is 25.1 Å². The summed E-state index contributed by atoms with van der Waals surface area (Å²) in [6, 6.07) is 4.58. The van der Waals surface area contributed by atoms with E-state index in [4.69, 9.17) is 5.11 Å². The number of aliphatic hydroxyl groups is 1. The molecule has 1 heterocycles. The Bertz CT molecular complexity index is 532. The van der Waals surface area contributed by atoms with Gasteiger partial charge in [-0.1, -0.05) is 0 Å². The minimum Gasteiger partial charge on any atom is -0.395 e. The normalized spacial score (nSPS) is 13.7. The Labute approximate surface area is 116 Å². The van der Waals surface area contributed by atoms with Gasteiger partial charge in [0.25, 0.3) is 5.69 Å². The maximum absolute atomic E-state index is 12.2. The lowest BCUT2D eigenvalue weighted by Crippen LogP contribution is -2.39. The molecule has 1 aliphatic heterocycles. The number of nitro benzene ring substituents is 1. The van der Waals surface area contributed by atoms with Crippen LogP contribution in [0.4, 0.5) is 11.4 Å². The minimum absolute atomic E-state index is 0.00651. The lowest BCUT2D eigenvalue weighted by molar-refractivity contribution is -0.384. The highest BCUT2D eigenvalue weighted by molar-refractivity contribution is 5.96. The molecule has 0 aromatic heterocycles. The molecule has 0 unspecified atom stereocenters. The molecule has 0 saturated carbocycles. The van der Waals surface area contributed by atoms with Crippen LogP contribution in [0.3, 0.4) is 0 Å². The number of hydrogen-bond donors (Lipinski definition) is 1. The summed E-state index contributed by atoms with van der Waals surface area (Å²) in [5.41, 5.74) is 1.63. The smallest absolute Gasteiger partial charge is 0.269 e. The van der Waals surface area contributed by atoms with Crippen LogP contribution in [0.25, 0.3) is 0 Å². The van der Waals surface area contributed by atoms with E-state index in [0.29, 0.717) is 19.5 Å². The predicted octanol–water partition coefficient (Wildman–Crippen LogP) is 0.408. The van der Waals surface area contributed by atoms with Crippen LogP contribution in [-0.2, 0) is 11.2 Å². The third-order valence-corrected chi connectivity index (χ3v) is 3.36. The number of nitrogens with zero attached hydrogens (tertiary/aromatic N) is 3. The van der Waals surface area contributed by atoms with Gasteiger partial charge in [0.2, 0.25) is 5.91 Å². The number of benzene rings is 1. The molecule has 0 atom stereocenters. The molecule has 1 aromatic rings. The number of anilines is 1. The molecule has 108 valence electrons. The molecule has 1 N–H and O–H groups in total. The van der Waals surface area contributed by atoms with Crippen molar-refractivity contribution in [2.45, 2.75) is 6.42 Å². The van der Waals surface area contributed by atoms with Gasteiger partial charge >= 0.3 is 0 Å². The summed E-state index contributed by atoms with van der Waals surface area (Å²) in [5.74, 6) is -0.0615. The maximum Gasteiger partial charge on any atom is 0.269 e. The van der Waals surface area contributed by atoms with E-state index in [2.05, 4.69) is 0 Å². The second-order valence-corrected chi connectivity index (χ2v) is 4.83. The van der Waals surface area contributed by atoms with Gasteiger partial charge in [0.15, 0.2) is 0 Å². The number of amides is 1. The largest absolute Gasteiger partial charge is 0.395 e. The number of nitro groups is 1. The third-order valence-electron chi connectivity index (χ3n) is 3.36. The van der Waals surface area contributed by atoms with Crippen LogP contribution < -0.4 is 4.90 Å². The zero-order valence-corrected chi connectivity index (χ0v) is 11.3. The summed E-state index contributed by atoms with van der Waals surface area (Å²) in [7, 11) is 1.76. The fourth-order valence-corrected chi connectivity index (χ4v) is 2.33. The zero-order valence-electron chi connectivity index (χ0n) is 11.3. The number of likely N-dealkylation sites (N-methyl/N-ethyl adjacent to an activating group) is 1. The molecule has 1 aromatic carbocycles. The molecule has 0 aliphatic carbocycles. The van der Waals surface area contributed by atoms with Crippen molar-refractivity contribution in [2.75, 3.05) is 38.2 Å². The zero-order chi connectivity index (χ0) is 14.7. The van der Waals surface area contributed by atoms with Crippen LogP contribution >= 0.6 is 0 Å². The second kappa shape index (κ2) is 5.98. The molecular formula is C13H17N3O4.